The second-order valence-electron chi connectivity index (χ2n) is 9.41. The highest BCUT2D eigenvalue weighted by Gasteiger charge is 2.47. The number of pyridine rings is 1. The zero-order valence-electron chi connectivity index (χ0n) is 19.5. The molecular formula is C21H33FN8O4S. The average Bonchev–Trinajstić information content (AvgIpc) is 3.19. The molecule has 1 aromatic rings. The van der Waals surface area contributed by atoms with E-state index in [9.17, 15) is 17.6 Å². The number of anilines is 2. The summed E-state index contributed by atoms with van der Waals surface area (Å²) in [6.07, 6.45) is 2.18. The van der Waals surface area contributed by atoms with Crippen LogP contribution in [0.1, 0.15) is 12.8 Å². The molecule has 1 amide bonds. The highest BCUT2D eigenvalue weighted by Crippen LogP contribution is 2.30. The number of ether oxygens (including phenoxy) is 1. The fraction of sp³-hybridized carbons (Fsp3) is 0.714. The first kappa shape index (κ1) is 24.7. The van der Waals surface area contributed by atoms with Gasteiger partial charge in [-0.3, -0.25) is 15.1 Å². The number of carbonyl (C=O) groups is 1. The van der Waals surface area contributed by atoms with Gasteiger partial charge in [0.2, 0.25) is 15.9 Å². The third kappa shape index (κ3) is 5.01. The Balaban J connectivity index is 1.24. The molecule has 14 heteroatoms. The lowest BCUT2D eigenvalue weighted by Crippen LogP contribution is -2.58. The molecule has 0 spiro atoms. The van der Waals surface area contributed by atoms with E-state index in [2.05, 4.69) is 25.9 Å². The standard InChI is InChI=1S/C21H33FN8O4S/c22-14-11-25-20-18(19(23)27-30(20)13-14)21(31)26-16-12-24-4-1-17(16)28-5-7-29(8-6-28)35(32,33)15-2-9-34-10-3-15/h1,4,12,14-15,18-20,25,27H,2-3,5-11,13,23H2,(H,26,31). The lowest BCUT2D eigenvalue weighted by molar-refractivity contribution is -0.121. The predicted molar refractivity (Wildman–Crippen MR) is 127 cm³/mol. The normalized spacial score (nSPS) is 31.3. The molecule has 4 fully saturated rings. The highest BCUT2D eigenvalue weighted by atomic mass is 32.2. The van der Waals surface area contributed by atoms with Gasteiger partial charge in [0.25, 0.3) is 0 Å². The molecule has 4 saturated heterocycles. The van der Waals surface area contributed by atoms with Gasteiger partial charge in [0.1, 0.15) is 6.17 Å². The Labute approximate surface area is 204 Å². The van der Waals surface area contributed by atoms with Crippen LogP contribution in [0.2, 0.25) is 0 Å². The molecule has 4 aliphatic rings. The van der Waals surface area contributed by atoms with Crippen LogP contribution in [0.5, 0.6) is 0 Å². The molecule has 0 aliphatic carbocycles. The number of alkyl halides is 1. The van der Waals surface area contributed by atoms with Crippen molar-refractivity contribution < 1.29 is 22.3 Å². The number of fused-ring (bicyclic) bond motifs is 1. The molecule has 4 atom stereocenters. The van der Waals surface area contributed by atoms with Gasteiger partial charge in [0, 0.05) is 58.7 Å². The second kappa shape index (κ2) is 10.2. The van der Waals surface area contributed by atoms with Crippen LogP contribution in [-0.2, 0) is 19.6 Å². The van der Waals surface area contributed by atoms with Crippen LogP contribution < -0.4 is 26.7 Å². The van der Waals surface area contributed by atoms with E-state index in [1.165, 1.54) is 0 Å². The minimum atomic E-state index is -3.37. The van der Waals surface area contributed by atoms with Gasteiger partial charge in [-0.05, 0) is 18.9 Å². The van der Waals surface area contributed by atoms with E-state index < -0.39 is 34.4 Å². The van der Waals surface area contributed by atoms with Gasteiger partial charge in [0.05, 0.1) is 41.1 Å². The van der Waals surface area contributed by atoms with E-state index in [1.807, 2.05) is 6.07 Å². The van der Waals surface area contributed by atoms with Gasteiger partial charge in [0.15, 0.2) is 0 Å². The van der Waals surface area contributed by atoms with Crippen LogP contribution in [0.15, 0.2) is 18.5 Å². The third-order valence-corrected chi connectivity index (χ3v) is 9.61. The molecule has 4 aliphatic heterocycles. The van der Waals surface area contributed by atoms with Crippen molar-refractivity contribution in [2.45, 2.75) is 36.6 Å². The summed E-state index contributed by atoms with van der Waals surface area (Å²) in [6, 6.07) is 1.81. The Hall–Kier alpha value is -1.94. The minimum absolute atomic E-state index is 0.161. The first-order chi connectivity index (χ1) is 16.8. The molecule has 1 aromatic heterocycles. The SMILES string of the molecule is NC1NN2CC(F)CNC2C1C(=O)Nc1cnccc1N1CCN(S(=O)(=O)C2CCOCC2)CC1. The van der Waals surface area contributed by atoms with E-state index in [4.69, 9.17) is 10.5 Å². The first-order valence-corrected chi connectivity index (χ1v) is 13.6. The maximum Gasteiger partial charge on any atom is 0.233 e. The number of halogens is 1. The van der Waals surface area contributed by atoms with Gasteiger partial charge >= 0.3 is 0 Å². The molecule has 194 valence electrons. The number of amides is 1. The highest BCUT2D eigenvalue weighted by molar-refractivity contribution is 7.89. The van der Waals surface area contributed by atoms with Gasteiger partial charge in [-0.15, -0.1) is 0 Å². The van der Waals surface area contributed by atoms with Crippen LogP contribution in [0.3, 0.4) is 0 Å². The zero-order chi connectivity index (χ0) is 24.6. The lowest BCUT2D eigenvalue weighted by atomic mass is 10.0. The summed E-state index contributed by atoms with van der Waals surface area (Å²) >= 11 is 0. The fourth-order valence-corrected chi connectivity index (χ4v) is 7.20. The molecule has 5 heterocycles. The molecule has 0 bridgehead atoms. The lowest BCUT2D eigenvalue weighted by Gasteiger charge is -2.38. The van der Waals surface area contributed by atoms with Crippen LogP contribution in [-0.4, -0.2) is 105 Å². The molecule has 35 heavy (non-hydrogen) atoms. The van der Waals surface area contributed by atoms with Gasteiger partial charge in [-0.25, -0.2) is 23.2 Å². The number of piperazine rings is 1. The molecule has 0 aromatic carbocycles. The van der Waals surface area contributed by atoms with Crippen molar-refractivity contribution in [1.82, 2.24) is 25.0 Å². The van der Waals surface area contributed by atoms with Crippen molar-refractivity contribution in [3.05, 3.63) is 18.5 Å². The van der Waals surface area contributed by atoms with Crippen LogP contribution in [0.25, 0.3) is 0 Å². The number of nitrogens with zero attached hydrogens (tertiary/aromatic N) is 4. The van der Waals surface area contributed by atoms with E-state index in [-0.39, 0.29) is 24.2 Å². The van der Waals surface area contributed by atoms with E-state index >= 15 is 0 Å². The summed E-state index contributed by atoms with van der Waals surface area (Å²) in [7, 11) is -3.37. The maximum atomic E-state index is 13.7. The number of hydrogen-bond acceptors (Lipinski definition) is 10. The number of hydrazine groups is 1. The zero-order valence-corrected chi connectivity index (χ0v) is 20.3. The quantitative estimate of drug-likeness (QED) is 0.373. The van der Waals surface area contributed by atoms with E-state index in [0.717, 1.165) is 5.69 Å². The number of rotatable bonds is 5. The van der Waals surface area contributed by atoms with E-state index in [0.29, 0.717) is 57.9 Å². The molecule has 12 nitrogen and oxygen atoms in total. The number of sulfonamides is 1. The Morgan fingerprint density at radius 2 is 1.97 bits per heavy atom. The fourth-order valence-electron chi connectivity index (χ4n) is 5.32. The van der Waals surface area contributed by atoms with Crippen molar-refractivity contribution in [3.8, 4) is 0 Å². The Bertz CT molecular complexity index is 1020. The van der Waals surface area contributed by atoms with Crippen LogP contribution in [0.4, 0.5) is 15.8 Å². The van der Waals surface area contributed by atoms with E-state index in [1.54, 1.807) is 21.7 Å². The van der Waals surface area contributed by atoms with Gasteiger partial charge in [-0.2, -0.15) is 4.31 Å². The monoisotopic (exact) mass is 512 g/mol. The first-order valence-electron chi connectivity index (χ1n) is 12.1. The maximum absolute atomic E-state index is 13.7. The largest absolute Gasteiger partial charge is 0.381 e. The summed E-state index contributed by atoms with van der Waals surface area (Å²) < 4.78 is 46.7. The number of nitrogens with one attached hydrogen (secondary N) is 3. The third-order valence-electron chi connectivity index (χ3n) is 7.21. The topological polar surface area (TPSA) is 145 Å². The molecule has 5 rings (SSSR count). The Morgan fingerprint density at radius 1 is 1.23 bits per heavy atom. The van der Waals surface area contributed by atoms with Crippen molar-refractivity contribution in [1.29, 1.82) is 0 Å². The van der Waals surface area contributed by atoms with Crippen molar-refractivity contribution in [2.24, 2.45) is 11.7 Å². The second-order valence-corrected chi connectivity index (χ2v) is 11.6. The summed E-state index contributed by atoms with van der Waals surface area (Å²) in [4.78, 5) is 19.4. The van der Waals surface area contributed by atoms with Crippen molar-refractivity contribution in [2.75, 3.05) is 62.7 Å². The molecule has 4 unspecified atom stereocenters. The summed E-state index contributed by atoms with van der Waals surface area (Å²) in [5.41, 5.74) is 10.4. The van der Waals surface area contributed by atoms with Gasteiger partial charge in [-0.1, -0.05) is 0 Å². The number of carbonyl (C=O) groups excluding carboxylic acids is 1. The predicted octanol–water partition coefficient (Wildman–Crippen LogP) is -1.36. The molecule has 0 radical (unpaired) electrons. The molecular weight excluding hydrogens is 479 g/mol. The van der Waals surface area contributed by atoms with Crippen molar-refractivity contribution in [3.63, 3.8) is 0 Å². The van der Waals surface area contributed by atoms with Crippen LogP contribution >= 0.6 is 0 Å². The summed E-state index contributed by atoms with van der Waals surface area (Å²) in [5, 5.41) is 7.26. The minimum Gasteiger partial charge on any atom is -0.381 e. The summed E-state index contributed by atoms with van der Waals surface area (Å²) in [5.74, 6) is -0.922. The van der Waals surface area contributed by atoms with Crippen molar-refractivity contribution >= 4 is 27.3 Å². The number of aromatic nitrogens is 1. The number of hydrogen-bond donors (Lipinski definition) is 4. The van der Waals surface area contributed by atoms with Gasteiger partial charge < -0.3 is 20.7 Å². The summed E-state index contributed by atoms with van der Waals surface area (Å²) in [6.45, 7) is 3.02. The number of nitrogens with two attached hydrogens (primary N) is 1. The Kier molecular flexibility index (Phi) is 7.21. The average molecular weight is 513 g/mol. The Morgan fingerprint density at radius 3 is 2.71 bits per heavy atom. The molecule has 5 N–H and O–H groups in total. The van der Waals surface area contributed by atoms with Crippen LogP contribution in [0, 0.1) is 5.92 Å². The molecule has 0 saturated carbocycles. The smallest absolute Gasteiger partial charge is 0.233 e.